The van der Waals surface area contributed by atoms with E-state index in [0.717, 1.165) is 0 Å². The van der Waals surface area contributed by atoms with Crippen molar-refractivity contribution >= 4 is 15.2 Å². The number of hydrogen-bond donors (Lipinski definition) is 4. The van der Waals surface area contributed by atoms with E-state index in [2.05, 4.69) is 0 Å². The minimum Gasteiger partial charge on any atom is -0.388 e. The van der Waals surface area contributed by atoms with Gasteiger partial charge in [0.15, 0.2) is 0 Å². The van der Waals surface area contributed by atoms with E-state index in [4.69, 9.17) is 4.52 Å². The highest BCUT2D eigenvalue weighted by Gasteiger charge is 2.70. The van der Waals surface area contributed by atoms with Gasteiger partial charge in [-0.1, -0.05) is 20.8 Å². The molecule has 0 aliphatic rings. The van der Waals surface area contributed by atoms with Gasteiger partial charge in [0.2, 0.25) is 4.90 Å². The molecule has 2 atom stereocenters. The normalized spacial score (nSPS) is 19.8. The maximum absolute atomic E-state index is 12.4. The lowest BCUT2D eigenvalue weighted by Gasteiger charge is -2.47. The summed E-state index contributed by atoms with van der Waals surface area (Å²) < 4.78 is 29.0. The fourth-order valence-electron chi connectivity index (χ4n) is 2.53. The molecular weight excluding hydrogens is 294 g/mol. The lowest BCUT2D eigenvalue weighted by Crippen LogP contribution is -2.52. The van der Waals surface area contributed by atoms with Crippen molar-refractivity contribution in [2.45, 2.75) is 57.5 Å². The lowest BCUT2D eigenvalue weighted by molar-refractivity contribution is -0.00387. The fourth-order valence-corrected chi connectivity index (χ4v) is 7.10. The van der Waals surface area contributed by atoms with Crippen molar-refractivity contribution in [2.24, 2.45) is 0 Å². The highest BCUT2D eigenvalue weighted by atomic mass is 31.2. The topological polar surface area (TPSA) is 124 Å². The van der Waals surface area contributed by atoms with E-state index in [-0.39, 0.29) is 25.9 Å². The summed E-state index contributed by atoms with van der Waals surface area (Å²) in [6.07, 6.45) is -0.511. The predicted molar refractivity (Wildman–Crippen MR) is 72.0 cm³/mol. The van der Waals surface area contributed by atoms with Crippen molar-refractivity contribution in [2.75, 3.05) is 6.61 Å². The minimum absolute atomic E-state index is 0.0694. The molecule has 0 fully saturated rings. The van der Waals surface area contributed by atoms with Crippen LogP contribution in [0.5, 0.6) is 0 Å². The van der Waals surface area contributed by atoms with Crippen LogP contribution in [0, 0.1) is 0 Å². The molecule has 0 saturated carbocycles. The lowest BCUT2D eigenvalue weighted by atomic mass is 9.91. The van der Waals surface area contributed by atoms with Crippen LogP contribution in [-0.2, 0) is 13.7 Å². The van der Waals surface area contributed by atoms with Crippen LogP contribution >= 0.6 is 15.2 Å². The first-order valence-electron chi connectivity index (χ1n) is 6.25. The summed E-state index contributed by atoms with van der Waals surface area (Å²) in [5.41, 5.74) is -1.99. The molecule has 0 aromatic heterocycles. The van der Waals surface area contributed by atoms with Gasteiger partial charge in [0, 0.05) is 0 Å². The molecule has 0 heterocycles. The second-order valence-corrected chi connectivity index (χ2v) is 8.66. The van der Waals surface area contributed by atoms with Gasteiger partial charge in [-0.15, -0.1) is 0 Å². The minimum atomic E-state index is -5.10. The smallest absolute Gasteiger partial charge is 0.349 e. The maximum Gasteiger partial charge on any atom is 0.349 e. The second-order valence-electron chi connectivity index (χ2n) is 4.39. The van der Waals surface area contributed by atoms with Crippen molar-refractivity contribution in [1.82, 2.24) is 0 Å². The van der Waals surface area contributed by atoms with Gasteiger partial charge in [-0.3, -0.25) is 9.13 Å². The first-order valence-corrected chi connectivity index (χ1v) is 9.44. The van der Waals surface area contributed by atoms with Gasteiger partial charge in [-0.25, -0.2) is 0 Å². The fraction of sp³-hybridized carbons (Fsp3) is 1.00. The Morgan fingerprint density at radius 2 is 1.37 bits per heavy atom. The Bertz CT molecular complexity index is 387. The summed E-state index contributed by atoms with van der Waals surface area (Å²) in [5, 5.41) is 10.5. The summed E-state index contributed by atoms with van der Waals surface area (Å²) in [4.78, 5) is 26.8. The highest BCUT2D eigenvalue weighted by Crippen LogP contribution is 2.77. The summed E-state index contributed by atoms with van der Waals surface area (Å²) >= 11 is 0. The molecule has 19 heavy (non-hydrogen) atoms. The van der Waals surface area contributed by atoms with E-state index >= 15 is 0 Å². The van der Waals surface area contributed by atoms with Crippen LogP contribution in [0.3, 0.4) is 0 Å². The molecule has 0 bridgehead atoms. The number of aliphatic hydroxyl groups is 1. The molecule has 0 radical (unpaired) electrons. The van der Waals surface area contributed by atoms with Crippen LogP contribution < -0.4 is 0 Å². The molecule has 0 aromatic rings. The molecule has 0 aromatic carbocycles. The summed E-state index contributed by atoms with van der Waals surface area (Å²) in [5.74, 6) is 0. The molecular formula is C10H24O7P2. The molecule has 7 nitrogen and oxygen atoms in total. The van der Waals surface area contributed by atoms with Crippen molar-refractivity contribution in [3.8, 4) is 0 Å². The summed E-state index contributed by atoms with van der Waals surface area (Å²) in [7, 11) is -9.82. The van der Waals surface area contributed by atoms with E-state index in [9.17, 15) is 28.9 Å². The summed E-state index contributed by atoms with van der Waals surface area (Å²) in [6, 6.07) is 0. The molecule has 0 saturated heterocycles. The third-order valence-electron chi connectivity index (χ3n) is 3.66. The Labute approximate surface area is 113 Å². The summed E-state index contributed by atoms with van der Waals surface area (Å²) in [6.45, 7) is 5.64. The van der Waals surface area contributed by atoms with Crippen LogP contribution in [0.1, 0.15) is 47.0 Å². The first-order chi connectivity index (χ1) is 8.49. The quantitative estimate of drug-likeness (QED) is 0.505. The van der Waals surface area contributed by atoms with Crippen molar-refractivity contribution < 1.29 is 33.4 Å². The maximum atomic E-state index is 12.4. The standard InChI is InChI=1S/C10H24O7P2/c1-5-9(11,6-2)10(7-3,18(12,13)14)19(15,16)17-8-4/h11H,5-8H2,1-4H3,(H,15,16)(H2,12,13,14). The third kappa shape index (κ3) is 2.98. The van der Waals surface area contributed by atoms with E-state index in [1.165, 1.54) is 27.7 Å². The van der Waals surface area contributed by atoms with E-state index in [0.29, 0.717) is 0 Å². The average Bonchev–Trinajstić information content (AvgIpc) is 2.27. The van der Waals surface area contributed by atoms with E-state index in [1.54, 1.807) is 0 Å². The van der Waals surface area contributed by atoms with Crippen LogP contribution in [0.4, 0.5) is 0 Å². The Morgan fingerprint density at radius 3 is 1.58 bits per heavy atom. The Morgan fingerprint density at radius 1 is 0.947 bits per heavy atom. The van der Waals surface area contributed by atoms with Crippen LogP contribution in [0.15, 0.2) is 0 Å². The zero-order valence-corrected chi connectivity index (χ0v) is 13.5. The third-order valence-corrected chi connectivity index (χ3v) is 9.17. The monoisotopic (exact) mass is 318 g/mol. The number of rotatable bonds is 8. The van der Waals surface area contributed by atoms with Gasteiger partial charge in [0.25, 0.3) is 0 Å². The Balaban J connectivity index is 6.33. The van der Waals surface area contributed by atoms with Crippen LogP contribution in [-0.4, -0.2) is 36.9 Å². The predicted octanol–water partition coefficient (Wildman–Crippen LogP) is 2.04. The zero-order chi connectivity index (χ0) is 15.5. The van der Waals surface area contributed by atoms with Gasteiger partial charge in [-0.2, -0.15) is 0 Å². The van der Waals surface area contributed by atoms with Crippen molar-refractivity contribution in [1.29, 1.82) is 0 Å². The highest BCUT2D eigenvalue weighted by molar-refractivity contribution is 7.73. The SMILES string of the molecule is CCOP(=O)(O)C(CC)(C(O)(CC)CC)P(=O)(O)O. The largest absolute Gasteiger partial charge is 0.388 e. The average molecular weight is 318 g/mol. The van der Waals surface area contributed by atoms with Crippen LogP contribution in [0.2, 0.25) is 0 Å². The van der Waals surface area contributed by atoms with Gasteiger partial charge in [-0.05, 0) is 26.2 Å². The molecule has 116 valence electrons. The molecule has 0 spiro atoms. The number of hydrogen-bond acceptors (Lipinski definition) is 4. The molecule has 2 unspecified atom stereocenters. The Hall–Kier alpha value is 0.260. The molecule has 0 amide bonds. The van der Waals surface area contributed by atoms with E-state index < -0.39 is 25.7 Å². The van der Waals surface area contributed by atoms with Gasteiger partial charge < -0.3 is 24.3 Å². The van der Waals surface area contributed by atoms with Gasteiger partial charge >= 0.3 is 15.2 Å². The van der Waals surface area contributed by atoms with Crippen molar-refractivity contribution in [3.05, 3.63) is 0 Å². The van der Waals surface area contributed by atoms with Gasteiger partial charge in [0.1, 0.15) is 0 Å². The molecule has 4 N–H and O–H groups in total. The van der Waals surface area contributed by atoms with E-state index in [1.807, 2.05) is 0 Å². The second kappa shape index (κ2) is 6.35. The molecule has 0 aliphatic carbocycles. The molecule has 0 rings (SSSR count). The Kier molecular flexibility index (Phi) is 6.44. The zero-order valence-electron chi connectivity index (χ0n) is 11.7. The molecule has 0 aliphatic heterocycles. The first kappa shape index (κ1) is 19.3. The van der Waals surface area contributed by atoms with Crippen molar-refractivity contribution in [3.63, 3.8) is 0 Å². The van der Waals surface area contributed by atoms with Crippen LogP contribution in [0.25, 0.3) is 0 Å². The van der Waals surface area contributed by atoms with Gasteiger partial charge in [0.05, 0.1) is 12.2 Å². The molecule has 9 heteroatoms.